The zero-order valence-corrected chi connectivity index (χ0v) is 13.1. The summed E-state index contributed by atoms with van der Waals surface area (Å²) in [5.41, 5.74) is 1.77. The number of methoxy groups -OCH3 is 1. The Morgan fingerprint density at radius 2 is 2.26 bits per heavy atom. The van der Waals surface area contributed by atoms with Gasteiger partial charge in [0.05, 0.1) is 6.61 Å². The third-order valence-corrected chi connectivity index (χ3v) is 4.43. The molecular weight excluding hydrogens is 306 g/mol. The van der Waals surface area contributed by atoms with Gasteiger partial charge in [0.15, 0.2) is 0 Å². The lowest BCUT2D eigenvalue weighted by Gasteiger charge is -2.33. The van der Waals surface area contributed by atoms with Crippen molar-refractivity contribution < 1.29 is 9.53 Å². The average molecular weight is 326 g/mol. The number of nitrogens with zero attached hydrogens (tertiary/aromatic N) is 1. The number of carbonyl (C=O) groups is 1. The lowest BCUT2D eigenvalue weighted by molar-refractivity contribution is 0.0635. The molecule has 0 N–H and O–H groups in total. The fourth-order valence-corrected chi connectivity index (χ4v) is 2.90. The summed E-state index contributed by atoms with van der Waals surface area (Å²) in [6.45, 7) is 3.51. The van der Waals surface area contributed by atoms with Crippen molar-refractivity contribution >= 4 is 21.8 Å². The molecule has 1 aliphatic heterocycles. The molecule has 0 aromatic heterocycles. The van der Waals surface area contributed by atoms with Gasteiger partial charge in [-0.3, -0.25) is 4.79 Å². The van der Waals surface area contributed by atoms with Crippen LogP contribution >= 0.6 is 15.9 Å². The fraction of sp³-hybridized carbons (Fsp3) is 0.533. The van der Waals surface area contributed by atoms with Crippen LogP contribution in [0.5, 0.6) is 0 Å². The standard InChI is InChI=1S/C15H20BrNO2/c1-11-5-3-4-8-17(11)15(18)12-6-7-14(16)13(9-12)10-19-2/h6-7,9,11H,3-5,8,10H2,1-2H3. The van der Waals surface area contributed by atoms with Gasteiger partial charge in [-0.05, 0) is 49.9 Å². The molecule has 1 amide bonds. The van der Waals surface area contributed by atoms with Gasteiger partial charge >= 0.3 is 0 Å². The number of rotatable bonds is 3. The van der Waals surface area contributed by atoms with Crippen molar-refractivity contribution in [1.82, 2.24) is 4.90 Å². The van der Waals surface area contributed by atoms with Gasteiger partial charge in [-0.1, -0.05) is 15.9 Å². The minimum absolute atomic E-state index is 0.136. The molecule has 19 heavy (non-hydrogen) atoms. The van der Waals surface area contributed by atoms with Crippen LogP contribution in [-0.2, 0) is 11.3 Å². The lowest BCUT2D eigenvalue weighted by Crippen LogP contribution is -2.42. The molecular formula is C15H20BrNO2. The third-order valence-electron chi connectivity index (χ3n) is 3.66. The number of hydrogen-bond acceptors (Lipinski definition) is 2. The highest BCUT2D eigenvalue weighted by Gasteiger charge is 2.24. The number of likely N-dealkylation sites (tertiary alicyclic amines) is 1. The maximum absolute atomic E-state index is 12.5. The van der Waals surface area contributed by atoms with Crippen LogP contribution in [0.25, 0.3) is 0 Å². The summed E-state index contributed by atoms with van der Waals surface area (Å²) in [5.74, 6) is 0.136. The smallest absolute Gasteiger partial charge is 0.254 e. The molecule has 0 aliphatic carbocycles. The second kappa shape index (κ2) is 6.53. The molecule has 1 aromatic carbocycles. The van der Waals surface area contributed by atoms with E-state index in [9.17, 15) is 4.79 Å². The number of amides is 1. The monoisotopic (exact) mass is 325 g/mol. The van der Waals surface area contributed by atoms with Crippen LogP contribution in [0.15, 0.2) is 22.7 Å². The van der Waals surface area contributed by atoms with Crippen LogP contribution < -0.4 is 0 Å². The van der Waals surface area contributed by atoms with Crippen molar-refractivity contribution in [2.45, 2.75) is 38.8 Å². The van der Waals surface area contributed by atoms with Crippen molar-refractivity contribution in [2.75, 3.05) is 13.7 Å². The van der Waals surface area contributed by atoms with Crippen molar-refractivity contribution in [3.8, 4) is 0 Å². The van der Waals surface area contributed by atoms with E-state index in [4.69, 9.17) is 4.74 Å². The topological polar surface area (TPSA) is 29.5 Å². The van der Waals surface area contributed by atoms with Gasteiger partial charge in [-0.2, -0.15) is 0 Å². The Bertz CT molecular complexity index is 461. The Balaban J connectivity index is 2.20. The Hall–Kier alpha value is -0.870. The van der Waals surface area contributed by atoms with Crippen LogP contribution in [0.2, 0.25) is 0 Å². The highest BCUT2D eigenvalue weighted by atomic mass is 79.9. The molecule has 104 valence electrons. The molecule has 1 atom stereocenters. The fourth-order valence-electron chi connectivity index (χ4n) is 2.54. The first-order valence-corrected chi connectivity index (χ1v) is 7.51. The first kappa shape index (κ1) is 14.5. The van der Waals surface area contributed by atoms with Gasteiger partial charge in [0.1, 0.15) is 0 Å². The second-order valence-corrected chi connectivity index (χ2v) is 5.94. The number of carbonyl (C=O) groups excluding carboxylic acids is 1. The largest absolute Gasteiger partial charge is 0.380 e. The van der Waals surface area contributed by atoms with Crippen molar-refractivity contribution in [1.29, 1.82) is 0 Å². The molecule has 0 spiro atoms. The molecule has 1 heterocycles. The van der Waals surface area contributed by atoms with Crippen LogP contribution in [0.3, 0.4) is 0 Å². The van der Waals surface area contributed by atoms with Crippen LogP contribution in [0, 0.1) is 0 Å². The average Bonchev–Trinajstić information content (AvgIpc) is 2.41. The molecule has 2 rings (SSSR count). The minimum atomic E-state index is 0.136. The van der Waals surface area contributed by atoms with E-state index in [2.05, 4.69) is 22.9 Å². The van der Waals surface area contributed by atoms with Gasteiger partial charge in [-0.15, -0.1) is 0 Å². The zero-order valence-electron chi connectivity index (χ0n) is 11.5. The maximum atomic E-state index is 12.5. The summed E-state index contributed by atoms with van der Waals surface area (Å²) >= 11 is 3.48. The number of piperidine rings is 1. The molecule has 0 bridgehead atoms. The molecule has 1 unspecified atom stereocenters. The highest BCUT2D eigenvalue weighted by molar-refractivity contribution is 9.10. The predicted octanol–water partition coefficient (Wildman–Crippen LogP) is 3.61. The Labute approximate surface area is 123 Å². The molecule has 0 saturated carbocycles. The molecule has 1 fully saturated rings. The summed E-state index contributed by atoms with van der Waals surface area (Å²) in [6, 6.07) is 6.08. The highest BCUT2D eigenvalue weighted by Crippen LogP contribution is 2.23. The Morgan fingerprint density at radius 3 is 2.95 bits per heavy atom. The molecule has 1 aromatic rings. The second-order valence-electron chi connectivity index (χ2n) is 5.08. The molecule has 3 nitrogen and oxygen atoms in total. The number of ether oxygens (including phenoxy) is 1. The Morgan fingerprint density at radius 1 is 1.47 bits per heavy atom. The summed E-state index contributed by atoms with van der Waals surface area (Å²) in [6.07, 6.45) is 3.44. The summed E-state index contributed by atoms with van der Waals surface area (Å²) < 4.78 is 6.14. The van der Waals surface area contributed by atoms with Gasteiger partial charge in [0.2, 0.25) is 0 Å². The molecule has 1 aliphatic rings. The predicted molar refractivity (Wildman–Crippen MR) is 79.2 cm³/mol. The SMILES string of the molecule is COCc1cc(C(=O)N2CCCCC2C)ccc1Br. The van der Waals surface area contributed by atoms with E-state index in [-0.39, 0.29) is 5.91 Å². The van der Waals surface area contributed by atoms with Crippen LogP contribution in [0.4, 0.5) is 0 Å². The summed E-state index contributed by atoms with van der Waals surface area (Å²) in [7, 11) is 1.66. The van der Waals surface area contributed by atoms with Crippen molar-refractivity contribution in [3.05, 3.63) is 33.8 Å². The van der Waals surface area contributed by atoms with Gasteiger partial charge in [0.25, 0.3) is 5.91 Å². The van der Waals surface area contributed by atoms with Gasteiger partial charge in [-0.25, -0.2) is 0 Å². The lowest BCUT2D eigenvalue weighted by atomic mass is 10.0. The van der Waals surface area contributed by atoms with Crippen LogP contribution in [-0.4, -0.2) is 30.5 Å². The van der Waals surface area contributed by atoms with E-state index in [1.165, 1.54) is 6.42 Å². The molecule has 4 heteroatoms. The van der Waals surface area contributed by atoms with Crippen LogP contribution in [0.1, 0.15) is 42.1 Å². The molecule has 0 radical (unpaired) electrons. The van der Waals surface area contributed by atoms with E-state index >= 15 is 0 Å². The minimum Gasteiger partial charge on any atom is -0.380 e. The zero-order chi connectivity index (χ0) is 13.8. The number of hydrogen-bond donors (Lipinski definition) is 0. The van der Waals surface area contributed by atoms with E-state index in [0.29, 0.717) is 12.6 Å². The van der Waals surface area contributed by atoms with E-state index in [0.717, 1.165) is 35.0 Å². The Kier molecular flexibility index (Phi) is 4.99. The third kappa shape index (κ3) is 3.37. The summed E-state index contributed by atoms with van der Waals surface area (Å²) in [5, 5.41) is 0. The van der Waals surface area contributed by atoms with Crippen molar-refractivity contribution in [2.24, 2.45) is 0 Å². The van der Waals surface area contributed by atoms with Gasteiger partial charge < -0.3 is 9.64 Å². The molecule has 1 saturated heterocycles. The van der Waals surface area contributed by atoms with Crippen molar-refractivity contribution in [3.63, 3.8) is 0 Å². The normalized spacial score (nSPS) is 19.5. The quantitative estimate of drug-likeness (QED) is 0.849. The first-order valence-electron chi connectivity index (χ1n) is 6.72. The summed E-state index contributed by atoms with van der Waals surface area (Å²) in [4.78, 5) is 14.5. The number of halogens is 1. The van der Waals surface area contributed by atoms with E-state index < -0.39 is 0 Å². The maximum Gasteiger partial charge on any atom is 0.254 e. The first-order chi connectivity index (χ1) is 9.13. The van der Waals surface area contributed by atoms with Gasteiger partial charge in [0, 0.05) is 29.7 Å². The van der Waals surface area contributed by atoms with E-state index in [1.54, 1.807) is 7.11 Å². The number of benzene rings is 1. The van der Waals surface area contributed by atoms with E-state index in [1.807, 2.05) is 23.1 Å².